The maximum Gasteiger partial charge on any atom is 0.416 e. The van der Waals surface area contributed by atoms with E-state index in [0.29, 0.717) is 11.3 Å². The van der Waals surface area contributed by atoms with Crippen LogP contribution in [-0.4, -0.2) is 55.7 Å². The fourth-order valence-electron chi connectivity index (χ4n) is 3.88. The van der Waals surface area contributed by atoms with E-state index in [1.165, 1.54) is 19.1 Å². The molecule has 0 saturated carbocycles. The Labute approximate surface area is 168 Å². The topological polar surface area (TPSA) is 106 Å². The summed E-state index contributed by atoms with van der Waals surface area (Å²) in [6.07, 6.45) is -2.82. The predicted octanol–water partition coefficient (Wildman–Crippen LogP) is 3.22. The van der Waals surface area contributed by atoms with Gasteiger partial charge in [0.2, 0.25) is 0 Å². The summed E-state index contributed by atoms with van der Waals surface area (Å²) in [5.74, 6) is -0.896. The fraction of sp³-hybridized carbons (Fsp3) is 0.450. The highest BCUT2D eigenvalue weighted by atomic mass is 16.6. The zero-order chi connectivity index (χ0) is 21.5. The first-order chi connectivity index (χ1) is 13.8. The van der Waals surface area contributed by atoms with Crippen LogP contribution < -0.4 is 4.90 Å². The largest absolute Gasteiger partial charge is 0.512 e. The van der Waals surface area contributed by atoms with Crippen molar-refractivity contribution in [2.75, 3.05) is 26.2 Å². The molecule has 1 aromatic carbocycles. The van der Waals surface area contributed by atoms with Crippen molar-refractivity contribution in [2.24, 2.45) is 0 Å². The Morgan fingerprint density at radius 3 is 2.28 bits per heavy atom. The average molecular weight is 404 g/mol. The van der Waals surface area contributed by atoms with Gasteiger partial charge in [-0.05, 0) is 23.1 Å². The highest BCUT2D eigenvalue weighted by Crippen LogP contribution is 2.48. The van der Waals surface area contributed by atoms with Crippen LogP contribution in [-0.2, 0) is 19.0 Å². The second-order valence-corrected chi connectivity index (χ2v) is 7.14. The molecular weight excluding hydrogens is 380 g/mol. The van der Waals surface area contributed by atoms with Crippen LogP contribution >= 0.6 is 0 Å². The maximum atomic E-state index is 12.7. The third kappa shape index (κ3) is 3.16. The summed E-state index contributed by atoms with van der Waals surface area (Å²) in [5, 5.41) is 10.6. The van der Waals surface area contributed by atoms with Crippen molar-refractivity contribution in [1.82, 2.24) is 4.90 Å². The normalized spacial score (nSPS) is 20.3. The Hall–Kier alpha value is -3.23. The highest BCUT2D eigenvalue weighted by molar-refractivity contribution is 5.99. The summed E-state index contributed by atoms with van der Waals surface area (Å²) in [4.78, 5) is 40.3. The lowest BCUT2D eigenvalue weighted by Gasteiger charge is -2.50. The number of fused-ring (bicyclic) bond motifs is 4. The Morgan fingerprint density at radius 1 is 1.07 bits per heavy atom. The van der Waals surface area contributed by atoms with Gasteiger partial charge in [-0.1, -0.05) is 26.0 Å². The van der Waals surface area contributed by atoms with Gasteiger partial charge < -0.3 is 19.3 Å². The first kappa shape index (κ1) is 20.5. The van der Waals surface area contributed by atoms with Crippen molar-refractivity contribution >= 4 is 23.8 Å². The zero-order valence-corrected chi connectivity index (χ0v) is 17.0. The molecule has 2 bridgehead atoms. The van der Waals surface area contributed by atoms with Gasteiger partial charge in [0.1, 0.15) is 11.3 Å². The van der Waals surface area contributed by atoms with Crippen LogP contribution in [0.15, 0.2) is 29.5 Å². The van der Waals surface area contributed by atoms with E-state index in [-0.39, 0.29) is 23.7 Å². The third-order valence-electron chi connectivity index (χ3n) is 5.30. The lowest BCUT2D eigenvalue weighted by molar-refractivity contribution is -0.137. The molecule has 0 saturated heterocycles. The Balaban J connectivity index is 2.32. The lowest BCUT2D eigenvalue weighted by Crippen LogP contribution is -2.61. The second kappa shape index (κ2) is 7.65. The molecule has 9 nitrogen and oxygen atoms in total. The molecule has 9 heteroatoms. The molecule has 29 heavy (non-hydrogen) atoms. The van der Waals surface area contributed by atoms with Gasteiger partial charge in [-0.2, -0.15) is 0 Å². The number of hydrogen-bond acceptors (Lipinski definition) is 7. The number of hydrogen-bond donors (Lipinski definition) is 1. The van der Waals surface area contributed by atoms with Gasteiger partial charge in [-0.3, -0.25) is 9.80 Å². The van der Waals surface area contributed by atoms with Gasteiger partial charge in [0.15, 0.2) is 6.17 Å². The van der Waals surface area contributed by atoms with Crippen LogP contribution in [0.25, 0.3) is 0 Å². The van der Waals surface area contributed by atoms with E-state index in [4.69, 9.17) is 14.2 Å². The summed E-state index contributed by atoms with van der Waals surface area (Å²) in [7, 11) is 3.57. The molecule has 2 aliphatic rings. The molecule has 0 aliphatic carbocycles. The van der Waals surface area contributed by atoms with Crippen LogP contribution in [0.5, 0.6) is 0 Å². The minimum Gasteiger partial charge on any atom is -0.512 e. The summed E-state index contributed by atoms with van der Waals surface area (Å²) in [5.41, 5.74) is 1.93. The van der Waals surface area contributed by atoms with E-state index < -0.39 is 30.4 Å². The van der Waals surface area contributed by atoms with Crippen molar-refractivity contribution in [2.45, 2.75) is 38.4 Å². The monoisotopic (exact) mass is 404 g/mol. The number of nitrogens with zero attached hydrogens (tertiary/aromatic N) is 2. The number of rotatable bonds is 2. The molecule has 2 amide bonds. The number of anilines is 1. The Bertz CT molecular complexity index is 893. The van der Waals surface area contributed by atoms with Crippen molar-refractivity contribution < 1.29 is 33.7 Å². The van der Waals surface area contributed by atoms with E-state index in [9.17, 15) is 19.5 Å². The van der Waals surface area contributed by atoms with E-state index in [1.54, 1.807) is 6.07 Å². The number of benzene rings is 1. The summed E-state index contributed by atoms with van der Waals surface area (Å²) in [6.45, 7) is 4.05. The van der Waals surface area contributed by atoms with Gasteiger partial charge in [0.05, 0.1) is 33.1 Å². The smallest absolute Gasteiger partial charge is 0.416 e. The van der Waals surface area contributed by atoms with Crippen molar-refractivity contribution in [3.05, 3.63) is 40.7 Å². The lowest BCUT2D eigenvalue weighted by atomic mass is 9.85. The second-order valence-electron chi connectivity index (χ2n) is 7.14. The van der Waals surface area contributed by atoms with Crippen LogP contribution in [0.1, 0.15) is 43.4 Å². The van der Waals surface area contributed by atoms with Gasteiger partial charge >= 0.3 is 18.2 Å². The van der Waals surface area contributed by atoms with Crippen LogP contribution in [0.2, 0.25) is 0 Å². The van der Waals surface area contributed by atoms with Crippen LogP contribution in [0.3, 0.4) is 0 Å². The molecule has 1 aromatic rings. The number of amides is 2. The molecular formula is C20H24N2O7. The number of methoxy groups -OCH3 is 3. The summed E-state index contributed by atoms with van der Waals surface area (Å²) in [6, 6.07) is 4.90. The SMILES string of the molecule is COC(=O)C1=C(O)C[C@H]2c3cc(C(C)C)ccc3N(C(=O)OC)[C@@H]1N2C(=O)OC. The molecule has 0 aromatic heterocycles. The predicted molar refractivity (Wildman–Crippen MR) is 102 cm³/mol. The molecule has 1 N–H and O–H groups in total. The van der Waals surface area contributed by atoms with Gasteiger partial charge in [-0.25, -0.2) is 14.4 Å². The minimum atomic E-state index is -1.27. The molecule has 0 fully saturated rings. The summed E-state index contributed by atoms with van der Waals surface area (Å²) >= 11 is 0. The van der Waals surface area contributed by atoms with Gasteiger partial charge in [-0.15, -0.1) is 0 Å². The van der Waals surface area contributed by atoms with Crippen molar-refractivity contribution in [3.63, 3.8) is 0 Å². The number of carbonyl (C=O) groups excluding carboxylic acids is 3. The van der Waals surface area contributed by atoms with Crippen LogP contribution in [0.4, 0.5) is 15.3 Å². The van der Waals surface area contributed by atoms with Crippen molar-refractivity contribution in [3.8, 4) is 0 Å². The molecule has 0 unspecified atom stereocenters. The van der Waals surface area contributed by atoms with E-state index in [2.05, 4.69) is 0 Å². The maximum absolute atomic E-state index is 12.7. The van der Waals surface area contributed by atoms with Gasteiger partial charge in [0, 0.05) is 6.42 Å². The zero-order valence-electron chi connectivity index (χ0n) is 17.0. The summed E-state index contributed by atoms with van der Waals surface area (Å²) < 4.78 is 14.7. The van der Waals surface area contributed by atoms with Crippen LogP contribution in [0, 0.1) is 0 Å². The number of esters is 1. The minimum absolute atomic E-state index is 0.0143. The van der Waals surface area contributed by atoms with E-state index in [0.717, 1.165) is 17.6 Å². The Morgan fingerprint density at radius 2 is 1.72 bits per heavy atom. The van der Waals surface area contributed by atoms with E-state index in [1.807, 2.05) is 26.0 Å². The van der Waals surface area contributed by atoms with Gasteiger partial charge in [0.25, 0.3) is 0 Å². The first-order valence-corrected chi connectivity index (χ1v) is 9.14. The number of carbonyl (C=O) groups is 3. The number of ether oxygens (including phenoxy) is 3. The molecule has 0 spiro atoms. The van der Waals surface area contributed by atoms with E-state index >= 15 is 0 Å². The highest BCUT2D eigenvalue weighted by Gasteiger charge is 2.53. The number of aliphatic hydroxyl groups excluding tert-OH is 1. The first-order valence-electron chi connectivity index (χ1n) is 9.14. The third-order valence-corrected chi connectivity index (χ3v) is 5.30. The molecule has 156 valence electrons. The molecule has 3 rings (SSSR count). The number of aliphatic hydroxyl groups is 1. The molecule has 2 aliphatic heterocycles. The molecule has 2 heterocycles. The molecule has 0 radical (unpaired) electrons. The standard InChI is InChI=1S/C20H24N2O7/c1-10(2)11-6-7-13-12(8-11)14-9-15(23)16(18(24)27-3)17(21(13)19(25)28-4)22(14)20(26)29-5/h6-8,10,14,17,23H,9H2,1-5H3/t14-,17+/m0/s1. The van der Waals surface area contributed by atoms with Crippen molar-refractivity contribution in [1.29, 1.82) is 0 Å². The fourth-order valence-corrected chi connectivity index (χ4v) is 3.88. The quantitative estimate of drug-likeness (QED) is 0.596. The Kier molecular flexibility index (Phi) is 5.41. The average Bonchev–Trinajstić information content (AvgIpc) is 2.71. The molecule has 2 atom stereocenters.